The lowest BCUT2D eigenvalue weighted by atomic mass is 10.1. The van der Waals surface area contributed by atoms with Gasteiger partial charge in [-0.05, 0) is 75.6 Å². The first-order valence-corrected chi connectivity index (χ1v) is 16.4. The SMILES string of the molecule is Cc1c(C(=O)O)oc2ccc(S(=O)(=O)N(CCc3ccccc3)Cc3cccc(N4CCN(C(=O)OC(C)(C)C)CC4)c3)cc12. The molecule has 1 aliphatic heterocycles. The fourth-order valence-corrected chi connectivity index (χ4v) is 6.88. The Kier molecular flexibility index (Phi) is 9.22. The molecule has 0 saturated carbocycles. The van der Waals surface area contributed by atoms with Gasteiger partial charge in [0.1, 0.15) is 11.2 Å². The largest absolute Gasteiger partial charge is 0.475 e. The van der Waals surface area contributed by atoms with E-state index in [0.717, 1.165) is 16.8 Å². The average molecular weight is 634 g/mol. The highest BCUT2D eigenvalue weighted by Crippen LogP contribution is 2.30. The van der Waals surface area contributed by atoms with Crippen LogP contribution in [0.2, 0.25) is 0 Å². The Morgan fingerprint density at radius 2 is 1.62 bits per heavy atom. The number of carboxylic acid groups (broad SMARTS) is 1. The number of sulfonamides is 1. The van der Waals surface area contributed by atoms with E-state index in [1.165, 1.54) is 22.5 Å². The molecule has 0 bridgehead atoms. The summed E-state index contributed by atoms with van der Waals surface area (Å²) < 4.78 is 40.8. The van der Waals surface area contributed by atoms with Gasteiger partial charge in [-0.3, -0.25) is 0 Å². The minimum atomic E-state index is -3.99. The van der Waals surface area contributed by atoms with E-state index in [2.05, 4.69) is 4.90 Å². The molecule has 1 saturated heterocycles. The van der Waals surface area contributed by atoms with Crippen molar-refractivity contribution in [2.45, 2.75) is 51.2 Å². The van der Waals surface area contributed by atoms with Gasteiger partial charge in [-0.1, -0.05) is 42.5 Å². The van der Waals surface area contributed by atoms with Gasteiger partial charge in [0.2, 0.25) is 15.8 Å². The number of hydrogen-bond donors (Lipinski definition) is 1. The molecule has 3 aromatic carbocycles. The summed E-state index contributed by atoms with van der Waals surface area (Å²) in [6, 6.07) is 22.0. The number of piperazine rings is 1. The maximum atomic E-state index is 14.2. The van der Waals surface area contributed by atoms with Gasteiger partial charge in [-0.2, -0.15) is 4.31 Å². The van der Waals surface area contributed by atoms with E-state index in [9.17, 15) is 23.1 Å². The van der Waals surface area contributed by atoms with E-state index < -0.39 is 21.6 Å². The van der Waals surface area contributed by atoms with Gasteiger partial charge in [0, 0.05) is 55.9 Å². The lowest BCUT2D eigenvalue weighted by Crippen LogP contribution is -2.50. The molecule has 0 unspecified atom stereocenters. The summed E-state index contributed by atoms with van der Waals surface area (Å²) in [4.78, 5) is 28.1. The molecule has 1 N–H and O–H groups in total. The molecule has 0 radical (unpaired) electrons. The maximum Gasteiger partial charge on any atom is 0.410 e. The van der Waals surface area contributed by atoms with Crippen LogP contribution in [-0.2, 0) is 27.7 Å². The van der Waals surface area contributed by atoms with Crippen molar-refractivity contribution in [2.24, 2.45) is 0 Å². The highest BCUT2D eigenvalue weighted by molar-refractivity contribution is 7.89. The van der Waals surface area contributed by atoms with Crippen LogP contribution in [0.3, 0.4) is 0 Å². The van der Waals surface area contributed by atoms with Crippen molar-refractivity contribution in [3.8, 4) is 0 Å². The molecule has 1 amide bonds. The number of aryl methyl sites for hydroxylation is 1. The van der Waals surface area contributed by atoms with E-state index in [1.807, 2.05) is 75.4 Å². The fourth-order valence-electron chi connectivity index (χ4n) is 5.43. The van der Waals surface area contributed by atoms with Crippen molar-refractivity contribution in [1.82, 2.24) is 9.21 Å². The Labute approximate surface area is 263 Å². The number of ether oxygens (including phenoxy) is 1. The fraction of sp³-hybridized carbons (Fsp3) is 0.353. The van der Waals surface area contributed by atoms with Crippen molar-refractivity contribution in [1.29, 1.82) is 0 Å². The molecule has 10 nitrogen and oxygen atoms in total. The first-order valence-electron chi connectivity index (χ1n) is 14.9. The summed E-state index contributed by atoms with van der Waals surface area (Å²) in [7, 11) is -3.99. The number of fused-ring (bicyclic) bond motifs is 1. The van der Waals surface area contributed by atoms with Crippen LogP contribution in [0.4, 0.5) is 10.5 Å². The summed E-state index contributed by atoms with van der Waals surface area (Å²) in [6.45, 7) is 9.84. The monoisotopic (exact) mass is 633 g/mol. The molecule has 4 aromatic rings. The molecule has 1 fully saturated rings. The van der Waals surface area contributed by atoms with E-state index in [-0.39, 0.29) is 29.8 Å². The molecule has 0 aliphatic carbocycles. The smallest absolute Gasteiger partial charge is 0.410 e. The lowest BCUT2D eigenvalue weighted by Gasteiger charge is -2.37. The van der Waals surface area contributed by atoms with E-state index in [0.29, 0.717) is 49.1 Å². The third-order valence-corrected chi connectivity index (χ3v) is 9.64. The van der Waals surface area contributed by atoms with Gasteiger partial charge in [0.05, 0.1) is 4.90 Å². The van der Waals surface area contributed by atoms with Crippen molar-refractivity contribution >= 4 is 38.7 Å². The topological polar surface area (TPSA) is 121 Å². The zero-order valence-electron chi connectivity index (χ0n) is 26.0. The highest BCUT2D eigenvalue weighted by Gasteiger charge is 2.28. The van der Waals surface area contributed by atoms with Crippen molar-refractivity contribution in [2.75, 3.05) is 37.6 Å². The van der Waals surface area contributed by atoms with Crippen molar-refractivity contribution in [3.05, 3.63) is 95.2 Å². The molecule has 238 valence electrons. The molecule has 11 heteroatoms. The third kappa shape index (κ3) is 7.49. The molecular weight excluding hydrogens is 594 g/mol. The maximum absolute atomic E-state index is 14.2. The van der Waals surface area contributed by atoms with E-state index >= 15 is 0 Å². The van der Waals surface area contributed by atoms with Crippen LogP contribution in [0.5, 0.6) is 0 Å². The number of aromatic carboxylic acids is 1. The van der Waals surface area contributed by atoms with Gasteiger partial charge in [-0.25, -0.2) is 18.0 Å². The predicted molar refractivity (Wildman–Crippen MR) is 172 cm³/mol. The average Bonchev–Trinajstić information content (AvgIpc) is 3.35. The van der Waals surface area contributed by atoms with Gasteiger partial charge < -0.3 is 24.1 Å². The zero-order chi connectivity index (χ0) is 32.4. The summed E-state index contributed by atoms with van der Waals surface area (Å²) in [5.74, 6) is -1.41. The van der Waals surface area contributed by atoms with Crippen molar-refractivity contribution < 1.29 is 32.3 Å². The summed E-state index contributed by atoms with van der Waals surface area (Å²) in [5, 5.41) is 9.92. The molecule has 5 rings (SSSR count). The van der Waals surface area contributed by atoms with Crippen LogP contribution in [-0.4, -0.2) is 73.1 Å². The van der Waals surface area contributed by atoms with Crippen LogP contribution in [0.1, 0.15) is 48.0 Å². The Hall–Kier alpha value is -4.35. The predicted octanol–water partition coefficient (Wildman–Crippen LogP) is 5.93. The van der Waals surface area contributed by atoms with E-state index in [1.54, 1.807) is 11.8 Å². The summed E-state index contributed by atoms with van der Waals surface area (Å²) >= 11 is 0. The van der Waals surface area contributed by atoms with Gasteiger partial charge >= 0.3 is 12.1 Å². The Morgan fingerprint density at radius 1 is 0.933 bits per heavy atom. The number of rotatable bonds is 9. The number of nitrogens with zero attached hydrogens (tertiary/aromatic N) is 3. The molecule has 0 atom stereocenters. The lowest BCUT2D eigenvalue weighted by molar-refractivity contribution is 0.0240. The van der Waals surface area contributed by atoms with Crippen LogP contribution in [0.15, 0.2) is 82.1 Å². The number of furan rings is 1. The van der Waals surface area contributed by atoms with Crippen LogP contribution >= 0.6 is 0 Å². The minimum absolute atomic E-state index is 0.0679. The Bertz CT molecular complexity index is 1790. The van der Waals surface area contributed by atoms with Gasteiger partial charge in [0.25, 0.3) is 0 Å². The minimum Gasteiger partial charge on any atom is -0.475 e. The van der Waals surface area contributed by atoms with Crippen molar-refractivity contribution in [3.63, 3.8) is 0 Å². The zero-order valence-corrected chi connectivity index (χ0v) is 26.8. The first-order chi connectivity index (χ1) is 21.3. The number of carbonyl (C=O) groups excluding carboxylic acids is 1. The first kappa shape index (κ1) is 32.1. The molecule has 0 spiro atoms. The quantitative estimate of drug-likeness (QED) is 0.241. The second kappa shape index (κ2) is 12.9. The number of carbonyl (C=O) groups is 2. The third-order valence-electron chi connectivity index (χ3n) is 7.80. The van der Waals surface area contributed by atoms with Crippen LogP contribution in [0.25, 0.3) is 11.0 Å². The molecule has 45 heavy (non-hydrogen) atoms. The Morgan fingerprint density at radius 3 is 2.29 bits per heavy atom. The number of carboxylic acids is 1. The number of benzene rings is 3. The molecular formula is C34H39N3O7S. The van der Waals surface area contributed by atoms with Gasteiger partial charge in [-0.15, -0.1) is 0 Å². The van der Waals surface area contributed by atoms with Gasteiger partial charge in [0.15, 0.2) is 0 Å². The van der Waals surface area contributed by atoms with Crippen LogP contribution < -0.4 is 4.90 Å². The molecule has 1 aliphatic rings. The number of amides is 1. The van der Waals surface area contributed by atoms with E-state index in [4.69, 9.17) is 9.15 Å². The summed E-state index contributed by atoms with van der Waals surface area (Å²) in [5.41, 5.74) is 2.94. The standard InChI is InChI=1S/C34H39N3O7S/c1-24-29-22-28(13-14-30(29)43-31(24)32(38)39)45(41,42)37(16-15-25-9-6-5-7-10-25)23-26-11-8-12-27(21-26)35-17-19-36(20-18-35)33(40)44-34(2,3)4/h5-14,21-22H,15-20,23H2,1-4H3,(H,38,39). The normalized spacial score (nSPS) is 14.2. The van der Waals surface area contributed by atoms with Crippen LogP contribution in [0, 0.1) is 6.92 Å². The number of anilines is 1. The second-order valence-electron chi connectivity index (χ2n) is 12.2. The number of hydrogen-bond acceptors (Lipinski definition) is 7. The molecule has 1 aromatic heterocycles. The highest BCUT2D eigenvalue weighted by atomic mass is 32.2. The molecule has 2 heterocycles. The Balaban J connectivity index is 1.38. The summed E-state index contributed by atoms with van der Waals surface area (Å²) in [6.07, 6.45) is 0.195. The second-order valence-corrected chi connectivity index (χ2v) is 14.2.